The molecule has 5 heteroatoms. The molecular weight excluding hydrogens is 374 g/mol. The molecule has 0 saturated carbocycles. The zero-order valence-corrected chi connectivity index (χ0v) is 17.0. The summed E-state index contributed by atoms with van der Waals surface area (Å²) in [6, 6.07) is 27.2. The van der Waals surface area contributed by atoms with Crippen LogP contribution in [-0.4, -0.2) is 22.6 Å². The molecule has 0 saturated heterocycles. The maximum atomic E-state index is 12.6. The first kappa shape index (κ1) is 19.5. The number of ether oxygens (including phenoxy) is 1. The first-order chi connectivity index (χ1) is 14.7. The van der Waals surface area contributed by atoms with Gasteiger partial charge in [0.15, 0.2) is 0 Å². The van der Waals surface area contributed by atoms with Crippen LogP contribution in [0.1, 0.15) is 21.6 Å². The molecular formula is C25H23N3O2. The summed E-state index contributed by atoms with van der Waals surface area (Å²) in [5, 5.41) is 0. The molecule has 0 radical (unpaired) electrons. The molecule has 4 aromatic rings. The number of hydrogen-bond donors (Lipinski definition) is 1. The van der Waals surface area contributed by atoms with Crippen molar-refractivity contribution in [3.05, 3.63) is 107 Å². The second-order valence-corrected chi connectivity index (χ2v) is 7.01. The van der Waals surface area contributed by atoms with Crippen molar-refractivity contribution in [2.24, 2.45) is 12.0 Å². The largest absolute Gasteiger partial charge is 0.497 e. The smallest absolute Gasteiger partial charge is 0.280 e. The minimum absolute atomic E-state index is 0.278. The zero-order chi connectivity index (χ0) is 20.9. The van der Waals surface area contributed by atoms with Gasteiger partial charge in [0.25, 0.3) is 5.91 Å². The highest BCUT2D eigenvalue weighted by molar-refractivity contribution is 5.94. The number of rotatable bonds is 5. The highest BCUT2D eigenvalue weighted by Crippen LogP contribution is 2.25. The number of nitrogens with zero attached hydrogens (tertiary/aromatic N) is 2. The van der Waals surface area contributed by atoms with Gasteiger partial charge in [-0.05, 0) is 42.0 Å². The van der Waals surface area contributed by atoms with Crippen LogP contribution in [0.2, 0.25) is 0 Å². The molecule has 0 bridgehead atoms. The number of H-pyrrole nitrogens is 1. The number of imidazole rings is 1. The molecule has 150 valence electrons. The van der Waals surface area contributed by atoms with E-state index in [1.807, 2.05) is 72.3 Å². The number of aromatic amines is 1. The summed E-state index contributed by atoms with van der Waals surface area (Å²) >= 11 is 0. The molecule has 4 rings (SSSR count). The van der Waals surface area contributed by atoms with Crippen molar-refractivity contribution in [1.82, 2.24) is 9.55 Å². The van der Waals surface area contributed by atoms with Crippen molar-refractivity contribution < 1.29 is 9.53 Å². The Balaban J connectivity index is 1.82. The summed E-state index contributed by atoms with van der Waals surface area (Å²) in [6.07, 6.45) is 0.699. The molecule has 0 aliphatic carbocycles. The van der Waals surface area contributed by atoms with E-state index in [4.69, 9.17) is 4.74 Å². The van der Waals surface area contributed by atoms with Gasteiger partial charge < -0.3 is 14.3 Å². The lowest BCUT2D eigenvalue weighted by molar-refractivity contribution is 0.0996. The molecule has 30 heavy (non-hydrogen) atoms. The Kier molecular flexibility index (Phi) is 5.61. The van der Waals surface area contributed by atoms with Crippen molar-refractivity contribution in [1.29, 1.82) is 0 Å². The third kappa shape index (κ3) is 4.10. The van der Waals surface area contributed by atoms with Gasteiger partial charge in [-0.25, -0.2) is 0 Å². The van der Waals surface area contributed by atoms with Gasteiger partial charge in [-0.3, -0.25) is 4.79 Å². The van der Waals surface area contributed by atoms with Gasteiger partial charge in [-0.2, -0.15) is 4.99 Å². The molecule has 5 nitrogen and oxygen atoms in total. The fraction of sp³-hybridized carbons (Fsp3) is 0.120. The van der Waals surface area contributed by atoms with Crippen LogP contribution in [0.3, 0.4) is 0 Å². The Morgan fingerprint density at radius 3 is 2.20 bits per heavy atom. The number of amides is 1. The minimum atomic E-state index is -0.278. The van der Waals surface area contributed by atoms with Crippen LogP contribution in [0.4, 0.5) is 0 Å². The van der Waals surface area contributed by atoms with Crippen LogP contribution in [0.5, 0.6) is 5.75 Å². The summed E-state index contributed by atoms with van der Waals surface area (Å²) < 4.78 is 7.22. The number of benzene rings is 3. The van der Waals surface area contributed by atoms with Gasteiger partial charge in [0, 0.05) is 30.3 Å². The first-order valence-electron chi connectivity index (χ1n) is 9.76. The van der Waals surface area contributed by atoms with E-state index in [2.05, 4.69) is 22.1 Å². The molecule has 0 atom stereocenters. The summed E-state index contributed by atoms with van der Waals surface area (Å²) in [5.74, 6) is 0.519. The summed E-state index contributed by atoms with van der Waals surface area (Å²) in [4.78, 5) is 20.4. The van der Waals surface area contributed by atoms with Gasteiger partial charge in [0.2, 0.25) is 5.62 Å². The number of carbonyl (C=O) groups excluding carboxylic acids is 1. The van der Waals surface area contributed by atoms with E-state index in [0.29, 0.717) is 17.6 Å². The van der Waals surface area contributed by atoms with Crippen molar-refractivity contribution in [2.45, 2.75) is 6.42 Å². The van der Waals surface area contributed by atoms with E-state index in [1.165, 1.54) is 5.56 Å². The zero-order valence-electron chi connectivity index (χ0n) is 17.0. The van der Waals surface area contributed by atoms with E-state index >= 15 is 0 Å². The fourth-order valence-electron chi connectivity index (χ4n) is 3.48. The van der Waals surface area contributed by atoms with Crippen LogP contribution in [0, 0.1) is 0 Å². The lowest BCUT2D eigenvalue weighted by Crippen LogP contribution is -2.18. The Bertz CT molecular complexity index is 1210. The average molecular weight is 397 g/mol. The Hall–Kier alpha value is -3.86. The SMILES string of the molecule is COc1ccc(-c2c(Cc3ccccc3)[nH]/c(=N\C(=O)c3ccccc3)n2C)cc1. The molecule has 0 aliphatic heterocycles. The molecule has 0 unspecified atom stereocenters. The molecule has 1 aromatic heterocycles. The maximum absolute atomic E-state index is 12.6. The second-order valence-electron chi connectivity index (χ2n) is 7.01. The lowest BCUT2D eigenvalue weighted by atomic mass is 10.0. The van der Waals surface area contributed by atoms with Crippen molar-refractivity contribution >= 4 is 5.91 Å². The predicted molar refractivity (Wildman–Crippen MR) is 117 cm³/mol. The molecule has 1 N–H and O–H groups in total. The standard InChI is InChI=1S/C25H23N3O2/c1-28-23(19-13-15-21(30-2)16-14-19)22(17-18-9-5-3-6-10-18)26-25(28)27-24(29)20-11-7-4-8-12-20/h3-16H,17H2,1-2H3,(H,26,27,29). The molecule has 1 heterocycles. The van der Waals surface area contributed by atoms with Gasteiger partial charge in [0.05, 0.1) is 12.8 Å². The molecule has 3 aromatic carbocycles. The van der Waals surface area contributed by atoms with Gasteiger partial charge in [0.1, 0.15) is 5.75 Å². The molecule has 0 spiro atoms. The first-order valence-corrected chi connectivity index (χ1v) is 9.76. The number of nitrogens with one attached hydrogen (secondary N) is 1. The third-order valence-corrected chi connectivity index (χ3v) is 5.02. The van der Waals surface area contributed by atoms with Crippen molar-refractivity contribution in [3.63, 3.8) is 0 Å². The summed E-state index contributed by atoms with van der Waals surface area (Å²) in [5.41, 5.74) is 5.25. The second kappa shape index (κ2) is 8.66. The minimum Gasteiger partial charge on any atom is -0.497 e. The van der Waals surface area contributed by atoms with Gasteiger partial charge in [-0.1, -0.05) is 48.5 Å². The van der Waals surface area contributed by atoms with Crippen LogP contribution < -0.4 is 10.4 Å². The van der Waals surface area contributed by atoms with Crippen molar-refractivity contribution in [3.8, 4) is 17.0 Å². The third-order valence-electron chi connectivity index (χ3n) is 5.02. The highest BCUT2D eigenvalue weighted by Gasteiger charge is 2.14. The van der Waals surface area contributed by atoms with Crippen LogP contribution >= 0.6 is 0 Å². The van der Waals surface area contributed by atoms with E-state index < -0.39 is 0 Å². The average Bonchev–Trinajstić information content (AvgIpc) is 3.09. The predicted octanol–water partition coefficient (Wildman–Crippen LogP) is 4.36. The van der Waals surface area contributed by atoms with Gasteiger partial charge >= 0.3 is 0 Å². The van der Waals surface area contributed by atoms with Crippen LogP contribution in [-0.2, 0) is 13.5 Å². The topological polar surface area (TPSA) is 59.4 Å². The Morgan fingerprint density at radius 1 is 0.933 bits per heavy atom. The maximum Gasteiger partial charge on any atom is 0.280 e. The quantitative estimate of drug-likeness (QED) is 0.544. The monoisotopic (exact) mass is 397 g/mol. The van der Waals surface area contributed by atoms with E-state index in [-0.39, 0.29) is 5.91 Å². The Morgan fingerprint density at radius 2 is 1.57 bits per heavy atom. The highest BCUT2D eigenvalue weighted by atomic mass is 16.5. The van der Waals surface area contributed by atoms with E-state index in [0.717, 1.165) is 22.7 Å². The Labute approximate surface area is 175 Å². The van der Waals surface area contributed by atoms with E-state index in [9.17, 15) is 4.79 Å². The number of aromatic nitrogens is 2. The van der Waals surface area contributed by atoms with Gasteiger partial charge in [-0.15, -0.1) is 0 Å². The normalized spacial score (nSPS) is 11.5. The van der Waals surface area contributed by atoms with Crippen LogP contribution in [0.25, 0.3) is 11.3 Å². The number of methoxy groups -OCH3 is 1. The summed E-state index contributed by atoms with van der Waals surface area (Å²) in [7, 11) is 3.57. The number of carbonyl (C=O) groups is 1. The molecule has 0 fully saturated rings. The molecule has 1 amide bonds. The van der Waals surface area contributed by atoms with Crippen LogP contribution in [0.15, 0.2) is 89.9 Å². The fourth-order valence-corrected chi connectivity index (χ4v) is 3.48. The lowest BCUT2D eigenvalue weighted by Gasteiger charge is -2.08. The van der Waals surface area contributed by atoms with Crippen molar-refractivity contribution in [2.75, 3.05) is 7.11 Å². The summed E-state index contributed by atoms with van der Waals surface area (Å²) in [6.45, 7) is 0. The van der Waals surface area contributed by atoms with E-state index in [1.54, 1.807) is 19.2 Å². The molecule has 0 aliphatic rings. The number of hydrogen-bond acceptors (Lipinski definition) is 2.